The lowest BCUT2D eigenvalue weighted by Crippen LogP contribution is -2.52. The highest BCUT2D eigenvalue weighted by Crippen LogP contribution is 2.41. The molecule has 0 amide bonds. The summed E-state index contributed by atoms with van der Waals surface area (Å²) in [6.45, 7) is 0.408. The van der Waals surface area contributed by atoms with E-state index >= 15 is 0 Å². The molecule has 0 aliphatic carbocycles. The van der Waals surface area contributed by atoms with Gasteiger partial charge in [0.15, 0.2) is 5.60 Å². The molecule has 2 atom stereocenters. The van der Waals surface area contributed by atoms with Gasteiger partial charge >= 0.3 is 5.97 Å². The highest BCUT2D eigenvalue weighted by atomic mass is 32.2. The molecule has 2 aliphatic rings. The molecule has 23 heavy (non-hydrogen) atoms. The zero-order valence-corrected chi connectivity index (χ0v) is 13.3. The monoisotopic (exact) mass is 340 g/mol. The Bertz CT molecular complexity index is 764. The highest BCUT2D eigenvalue weighted by Gasteiger charge is 2.58. The van der Waals surface area contributed by atoms with Crippen LogP contribution in [0.3, 0.4) is 0 Å². The minimum Gasteiger partial charge on any atom is -0.467 e. The van der Waals surface area contributed by atoms with E-state index in [0.717, 1.165) is 12.7 Å². The second-order valence-electron chi connectivity index (χ2n) is 5.59. The summed E-state index contributed by atoms with van der Waals surface area (Å²) in [7, 11) is -2.69. The molecular weight excluding hydrogens is 324 g/mol. The first-order chi connectivity index (χ1) is 11.0. The number of fused-ring (bicyclic) bond motifs is 1. The number of hydrogen-bond acceptors (Lipinski definition) is 7. The summed E-state index contributed by atoms with van der Waals surface area (Å²) < 4.78 is 42.1. The van der Waals surface area contributed by atoms with Crippen LogP contribution in [0.25, 0.3) is 0 Å². The molecule has 8 nitrogen and oxygen atoms in total. The number of nitrogens with zero attached hydrogens (tertiary/aromatic N) is 2. The number of ether oxygens (including phenoxy) is 2. The van der Waals surface area contributed by atoms with Gasteiger partial charge in [-0.25, -0.2) is 13.2 Å². The fourth-order valence-electron chi connectivity index (χ4n) is 3.29. The van der Waals surface area contributed by atoms with Crippen molar-refractivity contribution in [1.82, 2.24) is 4.31 Å². The normalized spacial score (nSPS) is 28.1. The third-order valence-corrected chi connectivity index (χ3v) is 6.27. The smallest absolute Gasteiger partial charge is 0.339 e. The summed E-state index contributed by atoms with van der Waals surface area (Å²) in [6.07, 6.45) is 2.59. The van der Waals surface area contributed by atoms with Crippen LogP contribution in [0.2, 0.25) is 0 Å². The second kappa shape index (κ2) is 5.63. The first-order valence-electron chi connectivity index (χ1n) is 7.16. The number of carbonyl (C=O) groups is 1. The summed E-state index contributed by atoms with van der Waals surface area (Å²) in [5.41, 5.74) is -1.27. The SMILES string of the molecule is COC(=O)C12CN(S(=O)(=O)c3ccoc3C#N)CC1CCCO2. The van der Waals surface area contributed by atoms with Crippen LogP contribution in [0.15, 0.2) is 21.6 Å². The van der Waals surface area contributed by atoms with Crippen molar-refractivity contribution in [3.05, 3.63) is 18.1 Å². The Balaban J connectivity index is 1.97. The van der Waals surface area contributed by atoms with Crippen LogP contribution in [0, 0.1) is 17.2 Å². The predicted octanol–water partition coefficient (Wildman–Crippen LogP) is 0.494. The minimum atomic E-state index is -3.95. The molecule has 0 bridgehead atoms. The van der Waals surface area contributed by atoms with Crippen molar-refractivity contribution >= 4 is 16.0 Å². The Morgan fingerprint density at radius 2 is 2.35 bits per heavy atom. The maximum Gasteiger partial charge on any atom is 0.339 e. The average molecular weight is 340 g/mol. The van der Waals surface area contributed by atoms with Crippen molar-refractivity contribution in [3.8, 4) is 6.07 Å². The molecule has 0 saturated carbocycles. The third kappa shape index (κ3) is 2.34. The van der Waals surface area contributed by atoms with Crippen molar-refractivity contribution in [2.24, 2.45) is 5.92 Å². The van der Waals surface area contributed by atoms with Gasteiger partial charge in [0.25, 0.3) is 0 Å². The zero-order chi connectivity index (χ0) is 16.7. The van der Waals surface area contributed by atoms with E-state index < -0.39 is 21.6 Å². The largest absolute Gasteiger partial charge is 0.467 e. The molecule has 124 valence electrons. The van der Waals surface area contributed by atoms with E-state index in [4.69, 9.17) is 19.2 Å². The van der Waals surface area contributed by atoms with Crippen molar-refractivity contribution in [2.75, 3.05) is 26.8 Å². The summed E-state index contributed by atoms with van der Waals surface area (Å²) >= 11 is 0. The summed E-state index contributed by atoms with van der Waals surface area (Å²) in [4.78, 5) is 12.0. The van der Waals surface area contributed by atoms with E-state index in [2.05, 4.69) is 0 Å². The first-order valence-corrected chi connectivity index (χ1v) is 8.60. The number of carbonyl (C=O) groups excluding carboxylic acids is 1. The maximum atomic E-state index is 12.8. The second-order valence-corrected chi connectivity index (χ2v) is 7.50. The molecule has 3 rings (SSSR count). The number of hydrogen-bond donors (Lipinski definition) is 0. The van der Waals surface area contributed by atoms with Gasteiger partial charge in [0.05, 0.1) is 19.9 Å². The summed E-state index contributed by atoms with van der Waals surface area (Å²) in [5.74, 6) is -1.10. The molecule has 0 radical (unpaired) electrons. The number of nitriles is 1. The number of esters is 1. The molecule has 0 N–H and O–H groups in total. The summed E-state index contributed by atoms with van der Waals surface area (Å²) in [5, 5.41) is 8.97. The lowest BCUT2D eigenvalue weighted by molar-refractivity contribution is -0.179. The molecule has 2 saturated heterocycles. The van der Waals surface area contributed by atoms with E-state index in [0.29, 0.717) is 13.0 Å². The topological polar surface area (TPSA) is 110 Å². The number of rotatable bonds is 3. The van der Waals surface area contributed by atoms with Crippen LogP contribution in [0.5, 0.6) is 0 Å². The molecule has 2 unspecified atom stereocenters. The van der Waals surface area contributed by atoms with Gasteiger partial charge in [0.2, 0.25) is 15.8 Å². The molecule has 9 heteroatoms. The van der Waals surface area contributed by atoms with Crippen molar-refractivity contribution in [1.29, 1.82) is 5.26 Å². The van der Waals surface area contributed by atoms with Crippen molar-refractivity contribution in [3.63, 3.8) is 0 Å². The summed E-state index contributed by atoms with van der Waals surface area (Å²) in [6, 6.07) is 2.95. The van der Waals surface area contributed by atoms with Gasteiger partial charge < -0.3 is 13.9 Å². The molecular formula is C14H16N2O6S. The fraction of sp³-hybridized carbons (Fsp3) is 0.571. The van der Waals surface area contributed by atoms with Crippen LogP contribution in [-0.4, -0.2) is 51.1 Å². The molecule has 3 heterocycles. The lowest BCUT2D eigenvalue weighted by atomic mass is 9.85. The molecule has 1 aromatic rings. The van der Waals surface area contributed by atoms with Crippen molar-refractivity contribution in [2.45, 2.75) is 23.3 Å². The van der Waals surface area contributed by atoms with Gasteiger partial charge in [-0.2, -0.15) is 9.57 Å². The van der Waals surface area contributed by atoms with Gasteiger partial charge in [-0.05, 0) is 18.9 Å². The zero-order valence-electron chi connectivity index (χ0n) is 12.5. The Hall–Kier alpha value is -1.89. The number of furan rings is 1. The highest BCUT2D eigenvalue weighted by molar-refractivity contribution is 7.89. The van der Waals surface area contributed by atoms with Crippen LogP contribution in [-0.2, 0) is 24.3 Å². The van der Waals surface area contributed by atoms with E-state index in [9.17, 15) is 13.2 Å². The molecule has 2 aliphatic heterocycles. The standard InChI is InChI=1S/C14H16N2O6S/c1-20-13(17)14-9-16(8-10(14)3-2-5-22-14)23(18,19)12-4-6-21-11(12)7-15/h4,6,10H,2-3,5,8-9H2,1H3. The average Bonchev–Trinajstić information content (AvgIpc) is 3.19. The Morgan fingerprint density at radius 1 is 1.57 bits per heavy atom. The van der Waals surface area contributed by atoms with Gasteiger partial charge in [-0.3, -0.25) is 0 Å². The van der Waals surface area contributed by atoms with Gasteiger partial charge in [0.1, 0.15) is 11.0 Å². The van der Waals surface area contributed by atoms with Gasteiger partial charge in [-0.1, -0.05) is 0 Å². The first kappa shape index (κ1) is 16.0. The van der Waals surface area contributed by atoms with Crippen LogP contribution in [0.4, 0.5) is 0 Å². The van der Waals surface area contributed by atoms with Crippen LogP contribution >= 0.6 is 0 Å². The van der Waals surface area contributed by atoms with E-state index in [1.54, 1.807) is 6.07 Å². The Labute approximate surface area is 133 Å². The Kier molecular flexibility index (Phi) is 3.91. The van der Waals surface area contributed by atoms with Crippen LogP contribution < -0.4 is 0 Å². The quantitative estimate of drug-likeness (QED) is 0.737. The van der Waals surface area contributed by atoms with E-state index in [-0.39, 0.29) is 29.7 Å². The molecule has 0 aromatic carbocycles. The van der Waals surface area contributed by atoms with Gasteiger partial charge in [-0.15, -0.1) is 0 Å². The van der Waals surface area contributed by atoms with Crippen LogP contribution in [0.1, 0.15) is 18.6 Å². The molecule has 0 spiro atoms. The molecule has 2 fully saturated rings. The Morgan fingerprint density at radius 3 is 3.04 bits per heavy atom. The minimum absolute atomic E-state index is 0.122. The number of methoxy groups -OCH3 is 1. The van der Waals surface area contributed by atoms with Crippen molar-refractivity contribution < 1.29 is 27.1 Å². The van der Waals surface area contributed by atoms with Gasteiger partial charge in [0, 0.05) is 19.1 Å². The number of sulfonamides is 1. The van der Waals surface area contributed by atoms with E-state index in [1.165, 1.54) is 17.5 Å². The fourth-order valence-corrected chi connectivity index (χ4v) is 4.86. The third-order valence-electron chi connectivity index (χ3n) is 4.43. The molecule has 1 aromatic heterocycles. The predicted molar refractivity (Wildman–Crippen MR) is 75.6 cm³/mol. The van der Waals surface area contributed by atoms with E-state index in [1.807, 2.05) is 0 Å². The lowest BCUT2D eigenvalue weighted by Gasteiger charge is -2.35. The maximum absolute atomic E-state index is 12.8.